The Morgan fingerprint density at radius 2 is 1.80 bits per heavy atom. The van der Waals surface area contributed by atoms with Crippen LogP contribution in [0.2, 0.25) is 0 Å². The summed E-state index contributed by atoms with van der Waals surface area (Å²) in [6.45, 7) is 7.26. The van der Waals surface area contributed by atoms with Crippen LogP contribution in [0, 0.1) is 11.3 Å². The first-order chi connectivity index (χ1) is 7.07. The van der Waals surface area contributed by atoms with E-state index in [2.05, 4.69) is 6.92 Å². The molecule has 1 fully saturated rings. The van der Waals surface area contributed by atoms with Crippen molar-refractivity contribution >= 4 is 0 Å². The van der Waals surface area contributed by atoms with Crippen LogP contribution in [0.1, 0.15) is 52.9 Å². The number of hydrogen-bond acceptors (Lipinski definition) is 2. The zero-order valence-electron chi connectivity index (χ0n) is 10.5. The molecular formula is C13H26O2. The number of aliphatic hydroxyl groups excluding tert-OH is 1. The van der Waals surface area contributed by atoms with Crippen LogP contribution in [-0.4, -0.2) is 24.4 Å². The Morgan fingerprint density at radius 3 is 2.27 bits per heavy atom. The van der Waals surface area contributed by atoms with E-state index in [9.17, 15) is 0 Å². The normalized spacial score (nSPS) is 28.0. The molecule has 1 N–H and O–H groups in total. The standard InChI is InChI=1S/C13H26O2/c1-4-11-5-7-12(8-6-11)15-10-13(2,3)9-14/h11-12,14H,4-10H2,1-3H3. The van der Waals surface area contributed by atoms with Crippen molar-refractivity contribution in [1.82, 2.24) is 0 Å². The highest BCUT2D eigenvalue weighted by Gasteiger charge is 2.23. The first-order valence-electron chi connectivity index (χ1n) is 6.30. The van der Waals surface area contributed by atoms with Gasteiger partial charge >= 0.3 is 0 Å². The molecule has 0 bridgehead atoms. The number of hydrogen-bond donors (Lipinski definition) is 1. The summed E-state index contributed by atoms with van der Waals surface area (Å²) in [7, 11) is 0. The van der Waals surface area contributed by atoms with Gasteiger partial charge in [0.15, 0.2) is 0 Å². The molecule has 0 unspecified atom stereocenters. The van der Waals surface area contributed by atoms with Crippen molar-refractivity contribution in [1.29, 1.82) is 0 Å². The van der Waals surface area contributed by atoms with E-state index in [-0.39, 0.29) is 12.0 Å². The third-order valence-corrected chi connectivity index (χ3v) is 3.51. The van der Waals surface area contributed by atoms with Crippen LogP contribution in [-0.2, 0) is 4.74 Å². The number of ether oxygens (including phenoxy) is 1. The fraction of sp³-hybridized carbons (Fsp3) is 1.00. The average Bonchev–Trinajstić information content (AvgIpc) is 2.27. The van der Waals surface area contributed by atoms with Crippen LogP contribution in [0.25, 0.3) is 0 Å². The highest BCUT2D eigenvalue weighted by Crippen LogP contribution is 2.29. The molecule has 0 radical (unpaired) electrons. The minimum atomic E-state index is -0.0817. The van der Waals surface area contributed by atoms with Gasteiger partial charge in [-0.05, 0) is 31.6 Å². The Morgan fingerprint density at radius 1 is 1.20 bits per heavy atom. The van der Waals surface area contributed by atoms with Crippen LogP contribution >= 0.6 is 0 Å². The summed E-state index contributed by atoms with van der Waals surface area (Å²) >= 11 is 0. The van der Waals surface area contributed by atoms with Gasteiger partial charge in [0.25, 0.3) is 0 Å². The van der Waals surface area contributed by atoms with E-state index in [1.165, 1.54) is 32.1 Å². The van der Waals surface area contributed by atoms with Gasteiger partial charge in [-0.25, -0.2) is 0 Å². The van der Waals surface area contributed by atoms with Crippen LogP contribution in [0.4, 0.5) is 0 Å². The van der Waals surface area contributed by atoms with Crippen LogP contribution in [0.15, 0.2) is 0 Å². The molecule has 0 amide bonds. The quantitative estimate of drug-likeness (QED) is 0.762. The number of rotatable bonds is 5. The van der Waals surface area contributed by atoms with Gasteiger partial charge in [-0.2, -0.15) is 0 Å². The van der Waals surface area contributed by atoms with Crippen molar-refractivity contribution in [2.45, 2.75) is 59.0 Å². The maximum Gasteiger partial charge on any atom is 0.0575 e. The van der Waals surface area contributed by atoms with E-state index >= 15 is 0 Å². The molecule has 0 heterocycles. The summed E-state index contributed by atoms with van der Waals surface area (Å²) in [6, 6.07) is 0. The van der Waals surface area contributed by atoms with Crippen molar-refractivity contribution in [3.05, 3.63) is 0 Å². The first kappa shape index (κ1) is 13.0. The van der Waals surface area contributed by atoms with Gasteiger partial charge in [0.1, 0.15) is 0 Å². The molecule has 1 aliphatic carbocycles. The predicted octanol–water partition coefficient (Wildman–Crippen LogP) is 2.99. The smallest absolute Gasteiger partial charge is 0.0575 e. The van der Waals surface area contributed by atoms with Gasteiger partial charge in [-0.1, -0.05) is 27.2 Å². The van der Waals surface area contributed by atoms with Crippen molar-refractivity contribution < 1.29 is 9.84 Å². The Kier molecular flexibility index (Phi) is 5.07. The fourth-order valence-electron chi connectivity index (χ4n) is 2.10. The van der Waals surface area contributed by atoms with Gasteiger partial charge in [0, 0.05) is 5.41 Å². The predicted molar refractivity (Wildman–Crippen MR) is 62.9 cm³/mol. The van der Waals surface area contributed by atoms with E-state index in [1.54, 1.807) is 0 Å². The van der Waals surface area contributed by atoms with E-state index in [1.807, 2.05) is 13.8 Å². The van der Waals surface area contributed by atoms with Gasteiger partial charge in [-0.3, -0.25) is 0 Å². The van der Waals surface area contributed by atoms with E-state index < -0.39 is 0 Å². The van der Waals surface area contributed by atoms with E-state index in [0.29, 0.717) is 12.7 Å². The lowest BCUT2D eigenvalue weighted by molar-refractivity contribution is -0.0368. The second-order valence-electron chi connectivity index (χ2n) is 5.68. The van der Waals surface area contributed by atoms with Crippen LogP contribution in [0.3, 0.4) is 0 Å². The van der Waals surface area contributed by atoms with Crippen molar-refractivity contribution in [2.24, 2.45) is 11.3 Å². The van der Waals surface area contributed by atoms with Gasteiger partial charge in [-0.15, -0.1) is 0 Å². The summed E-state index contributed by atoms with van der Waals surface area (Å²) in [6.07, 6.45) is 6.81. The zero-order valence-corrected chi connectivity index (χ0v) is 10.5. The van der Waals surface area contributed by atoms with Crippen LogP contribution < -0.4 is 0 Å². The third-order valence-electron chi connectivity index (χ3n) is 3.51. The molecule has 1 saturated carbocycles. The molecule has 1 aliphatic rings. The molecule has 0 atom stereocenters. The summed E-state index contributed by atoms with van der Waals surface area (Å²) in [5, 5.41) is 9.12. The molecule has 2 heteroatoms. The topological polar surface area (TPSA) is 29.5 Å². The Bertz CT molecular complexity index is 169. The lowest BCUT2D eigenvalue weighted by atomic mass is 9.85. The minimum absolute atomic E-state index is 0.0817. The molecule has 0 aromatic heterocycles. The zero-order chi connectivity index (χ0) is 11.3. The highest BCUT2D eigenvalue weighted by molar-refractivity contribution is 4.74. The molecule has 0 aliphatic heterocycles. The van der Waals surface area contributed by atoms with Crippen molar-refractivity contribution in [3.63, 3.8) is 0 Å². The van der Waals surface area contributed by atoms with Crippen molar-refractivity contribution in [2.75, 3.05) is 13.2 Å². The summed E-state index contributed by atoms with van der Waals surface area (Å²) < 4.78 is 5.87. The third kappa shape index (κ3) is 4.52. The summed E-state index contributed by atoms with van der Waals surface area (Å²) in [4.78, 5) is 0. The monoisotopic (exact) mass is 214 g/mol. The molecule has 0 aromatic rings. The molecule has 1 rings (SSSR count). The van der Waals surface area contributed by atoms with Gasteiger partial charge in [0.2, 0.25) is 0 Å². The Hall–Kier alpha value is -0.0800. The molecular weight excluding hydrogens is 188 g/mol. The second kappa shape index (κ2) is 5.86. The molecule has 0 saturated heterocycles. The first-order valence-corrected chi connectivity index (χ1v) is 6.30. The van der Waals surface area contributed by atoms with Gasteiger partial charge < -0.3 is 9.84 Å². The van der Waals surface area contributed by atoms with E-state index in [4.69, 9.17) is 9.84 Å². The lowest BCUT2D eigenvalue weighted by Crippen LogP contribution is -2.29. The Labute approximate surface area is 94.0 Å². The molecule has 90 valence electrons. The molecule has 0 aromatic carbocycles. The van der Waals surface area contributed by atoms with E-state index in [0.717, 1.165) is 5.92 Å². The molecule has 2 nitrogen and oxygen atoms in total. The Balaban J connectivity index is 2.19. The average molecular weight is 214 g/mol. The number of aliphatic hydroxyl groups is 1. The fourth-order valence-corrected chi connectivity index (χ4v) is 2.10. The maximum atomic E-state index is 9.12. The summed E-state index contributed by atoms with van der Waals surface area (Å²) in [5.41, 5.74) is -0.0817. The van der Waals surface area contributed by atoms with Gasteiger partial charge in [0.05, 0.1) is 19.3 Å². The lowest BCUT2D eigenvalue weighted by Gasteiger charge is -2.31. The minimum Gasteiger partial charge on any atom is -0.396 e. The van der Waals surface area contributed by atoms with Crippen molar-refractivity contribution in [3.8, 4) is 0 Å². The maximum absolute atomic E-state index is 9.12. The molecule has 0 spiro atoms. The SMILES string of the molecule is CCC1CCC(OCC(C)(C)CO)CC1. The molecule has 15 heavy (non-hydrogen) atoms. The second-order valence-corrected chi connectivity index (χ2v) is 5.68. The van der Waals surface area contributed by atoms with Crippen LogP contribution in [0.5, 0.6) is 0 Å². The highest BCUT2D eigenvalue weighted by atomic mass is 16.5. The largest absolute Gasteiger partial charge is 0.396 e. The summed E-state index contributed by atoms with van der Waals surface area (Å²) in [5.74, 6) is 0.927.